The number of carbonyl (C=O) groups is 1. The Morgan fingerprint density at radius 2 is 2.22 bits per heavy atom. The number of piperazine rings is 1. The highest BCUT2D eigenvalue weighted by Crippen LogP contribution is 2.30. The van der Waals surface area contributed by atoms with E-state index >= 15 is 0 Å². The Bertz CT molecular complexity index is 642. The van der Waals surface area contributed by atoms with Crippen molar-refractivity contribution in [2.24, 2.45) is 0 Å². The van der Waals surface area contributed by atoms with Crippen molar-refractivity contribution in [3.63, 3.8) is 0 Å². The summed E-state index contributed by atoms with van der Waals surface area (Å²) in [7, 11) is 1.68. The summed E-state index contributed by atoms with van der Waals surface area (Å²) >= 11 is 1.71. The Morgan fingerprint density at radius 1 is 1.35 bits per heavy atom. The van der Waals surface area contributed by atoms with Crippen molar-refractivity contribution >= 4 is 17.2 Å². The van der Waals surface area contributed by atoms with Crippen LogP contribution in [0.2, 0.25) is 0 Å². The van der Waals surface area contributed by atoms with Crippen molar-refractivity contribution in [3.8, 4) is 5.75 Å². The van der Waals surface area contributed by atoms with Gasteiger partial charge in [0.05, 0.1) is 13.2 Å². The van der Waals surface area contributed by atoms with Crippen molar-refractivity contribution in [2.75, 3.05) is 26.7 Å². The van der Waals surface area contributed by atoms with Gasteiger partial charge in [0, 0.05) is 36.5 Å². The summed E-state index contributed by atoms with van der Waals surface area (Å²) in [6.07, 6.45) is 1.38. The molecule has 1 unspecified atom stereocenters. The molecule has 0 bridgehead atoms. The van der Waals surface area contributed by atoms with Gasteiger partial charge in [-0.05, 0) is 23.9 Å². The van der Waals surface area contributed by atoms with Gasteiger partial charge in [-0.2, -0.15) is 0 Å². The highest BCUT2D eigenvalue weighted by molar-refractivity contribution is 7.09. The topological polar surface area (TPSA) is 41.6 Å². The van der Waals surface area contributed by atoms with E-state index in [1.807, 2.05) is 29.2 Å². The second-order valence-electron chi connectivity index (χ2n) is 5.63. The number of methoxy groups -OCH3 is 1. The Labute approximate surface area is 141 Å². The average Bonchev–Trinajstić information content (AvgIpc) is 3.13. The molecule has 122 valence electrons. The summed E-state index contributed by atoms with van der Waals surface area (Å²) in [5, 5.41) is 5.45. The number of thiophene rings is 1. The van der Waals surface area contributed by atoms with Crippen molar-refractivity contribution in [3.05, 3.63) is 52.2 Å². The maximum atomic E-state index is 12.7. The number of rotatable bonds is 5. The van der Waals surface area contributed by atoms with Crippen LogP contribution in [-0.2, 0) is 11.2 Å². The summed E-state index contributed by atoms with van der Waals surface area (Å²) in [5.74, 6) is 1.06. The molecule has 1 aromatic carbocycles. The van der Waals surface area contributed by atoms with Gasteiger partial charge in [-0.15, -0.1) is 11.3 Å². The lowest BCUT2D eigenvalue weighted by Crippen LogP contribution is -2.48. The first-order valence-electron chi connectivity index (χ1n) is 7.95. The molecule has 2 heterocycles. The van der Waals surface area contributed by atoms with Gasteiger partial charge in [-0.25, -0.2) is 0 Å². The summed E-state index contributed by atoms with van der Waals surface area (Å²) < 4.78 is 5.48. The van der Waals surface area contributed by atoms with Gasteiger partial charge >= 0.3 is 0 Å². The summed E-state index contributed by atoms with van der Waals surface area (Å²) in [6.45, 7) is 2.35. The molecule has 1 amide bonds. The molecule has 1 N–H and O–H groups in total. The van der Waals surface area contributed by atoms with Crippen LogP contribution in [0, 0.1) is 0 Å². The van der Waals surface area contributed by atoms with Crippen LogP contribution in [0.5, 0.6) is 5.75 Å². The number of hydrogen-bond donors (Lipinski definition) is 1. The van der Waals surface area contributed by atoms with Crippen LogP contribution in [0.15, 0.2) is 41.8 Å². The third-order valence-electron chi connectivity index (χ3n) is 4.23. The van der Waals surface area contributed by atoms with Crippen LogP contribution in [0.4, 0.5) is 0 Å². The molecule has 5 heteroatoms. The van der Waals surface area contributed by atoms with Crippen molar-refractivity contribution in [1.29, 1.82) is 0 Å². The van der Waals surface area contributed by atoms with Crippen LogP contribution in [0.1, 0.15) is 22.9 Å². The Hall–Kier alpha value is -1.85. The van der Waals surface area contributed by atoms with Gasteiger partial charge in [-0.3, -0.25) is 4.79 Å². The standard InChI is InChI=1S/C18H22N2O2S/c1-22-17-7-3-2-6-15(17)16-13-19-10-11-20(16)18(21)9-8-14-5-4-12-23-14/h2-7,12,16,19H,8-11,13H2,1H3. The number of nitrogens with one attached hydrogen (secondary N) is 1. The zero-order chi connectivity index (χ0) is 16.1. The monoisotopic (exact) mass is 330 g/mol. The van der Waals surface area contributed by atoms with E-state index < -0.39 is 0 Å². The maximum Gasteiger partial charge on any atom is 0.223 e. The summed E-state index contributed by atoms with van der Waals surface area (Å²) in [6, 6.07) is 12.1. The summed E-state index contributed by atoms with van der Waals surface area (Å²) in [4.78, 5) is 16.0. The maximum absolute atomic E-state index is 12.7. The molecule has 1 fully saturated rings. The molecule has 1 aromatic heterocycles. The second-order valence-corrected chi connectivity index (χ2v) is 6.66. The molecule has 3 rings (SSSR count). The molecule has 0 aliphatic carbocycles. The minimum atomic E-state index is 0.0377. The first-order valence-corrected chi connectivity index (χ1v) is 8.83. The van der Waals surface area contributed by atoms with Gasteiger partial charge in [0.1, 0.15) is 5.75 Å². The lowest BCUT2D eigenvalue weighted by Gasteiger charge is -2.37. The molecule has 1 aliphatic rings. The predicted molar refractivity (Wildman–Crippen MR) is 93.0 cm³/mol. The third-order valence-corrected chi connectivity index (χ3v) is 5.16. The number of ether oxygens (including phenoxy) is 1. The van der Waals surface area contributed by atoms with E-state index in [2.05, 4.69) is 22.8 Å². The number of aryl methyl sites for hydroxylation is 1. The number of hydrogen-bond acceptors (Lipinski definition) is 4. The fourth-order valence-corrected chi connectivity index (χ4v) is 3.76. The second kappa shape index (κ2) is 7.62. The molecule has 1 aliphatic heterocycles. The first kappa shape index (κ1) is 16.0. The third kappa shape index (κ3) is 3.74. The SMILES string of the molecule is COc1ccccc1C1CNCCN1C(=O)CCc1cccs1. The molecule has 0 spiro atoms. The van der Waals surface area contributed by atoms with E-state index in [-0.39, 0.29) is 11.9 Å². The lowest BCUT2D eigenvalue weighted by molar-refractivity contribution is -0.134. The molecule has 0 radical (unpaired) electrons. The first-order chi connectivity index (χ1) is 11.3. The predicted octanol–water partition coefficient (Wildman–Crippen LogP) is 2.86. The number of amides is 1. The van der Waals surface area contributed by atoms with Gasteiger partial charge in [0.25, 0.3) is 0 Å². The number of benzene rings is 1. The fourth-order valence-electron chi connectivity index (χ4n) is 3.05. The molecule has 1 atom stereocenters. The Morgan fingerprint density at radius 3 is 3.00 bits per heavy atom. The van der Waals surface area contributed by atoms with Gasteiger partial charge in [-0.1, -0.05) is 24.3 Å². The van der Waals surface area contributed by atoms with E-state index in [1.165, 1.54) is 4.88 Å². The molecule has 1 saturated heterocycles. The lowest BCUT2D eigenvalue weighted by atomic mass is 10.0. The zero-order valence-corrected chi connectivity index (χ0v) is 14.1. The van der Waals surface area contributed by atoms with Crippen LogP contribution < -0.4 is 10.1 Å². The van der Waals surface area contributed by atoms with Gasteiger partial charge in [0.15, 0.2) is 0 Å². The number of para-hydroxylation sites is 1. The summed E-state index contributed by atoms with van der Waals surface area (Å²) in [5.41, 5.74) is 1.08. The van der Waals surface area contributed by atoms with Crippen molar-refractivity contribution < 1.29 is 9.53 Å². The fraction of sp³-hybridized carbons (Fsp3) is 0.389. The smallest absolute Gasteiger partial charge is 0.223 e. The van der Waals surface area contributed by atoms with E-state index in [0.717, 1.165) is 37.4 Å². The van der Waals surface area contributed by atoms with Crippen LogP contribution in [0.3, 0.4) is 0 Å². The molecular formula is C18H22N2O2S. The minimum absolute atomic E-state index is 0.0377. The van der Waals surface area contributed by atoms with E-state index in [1.54, 1.807) is 18.4 Å². The molecule has 2 aromatic rings. The largest absolute Gasteiger partial charge is 0.496 e. The highest BCUT2D eigenvalue weighted by atomic mass is 32.1. The van der Waals surface area contributed by atoms with Crippen LogP contribution in [-0.4, -0.2) is 37.6 Å². The molecule has 4 nitrogen and oxygen atoms in total. The van der Waals surface area contributed by atoms with Crippen molar-refractivity contribution in [2.45, 2.75) is 18.9 Å². The van der Waals surface area contributed by atoms with Crippen molar-refractivity contribution in [1.82, 2.24) is 10.2 Å². The Balaban J connectivity index is 1.74. The zero-order valence-electron chi connectivity index (χ0n) is 13.3. The number of nitrogens with zero attached hydrogens (tertiary/aromatic N) is 1. The molecule has 23 heavy (non-hydrogen) atoms. The quantitative estimate of drug-likeness (QED) is 0.916. The average molecular weight is 330 g/mol. The molecule has 0 saturated carbocycles. The van der Waals surface area contributed by atoms with Crippen LogP contribution in [0.25, 0.3) is 0 Å². The van der Waals surface area contributed by atoms with Gasteiger partial charge in [0.2, 0.25) is 5.91 Å². The van der Waals surface area contributed by atoms with Gasteiger partial charge < -0.3 is 15.0 Å². The normalized spacial score (nSPS) is 18.0. The minimum Gasteiger partial charge on any atom is -0.496 e. The van der Waals surface area contributed by atoms with E-state index in [9.17, 15) is 4.79 Å². The van der Waals surface area contributed by atoms with E-state index in [4.69, 9.17) is 4.74 Å². The molecular weight excluding hydrogens is 308 g/mol. The van der Waals surface area contributed by atoms with Crippen LogP contribution >= 0.6 is 11.3 Å². The highest BCUT2D eigenvalue weighted by Gasteiger charge is 2.29. The number of carbonyl (C=O) groups excluding carboxylic acids is 1. The Kier molecular flexibility index (Phi) is 5.31. The van der Waals surface area contributed by atoms with E-state index in [0.29, 0.717) is 6.42 Å².